The van der Waals surface area contributed by atoms with Crippen LogP contribution in [0.5, 0.6) is 0 Å². The summed E-state index contributed by atoms with van der Waals surface area (Å²) in [5.74, 6) is -0.358. The van der Waals surface area contributed by atoms with Gasteiger partial charge in [-0.15, -0.1) is 0 Å². The number of nitrogens with one attached hydrogen (secondary N) is 2. The number of carbonyl (C=O) groups is 2. The maximum Gasteiger partial charge on any atom is 0.243 e. The van der Waals surface area contributed by atoms with Crippen LogP contribution in [0.25, 0.3) is 0 Å². The fourth-order valence-corrected chi connectivity index (χ4v) is 2.29. The standard InChI is InChI=1S/C15H21N5O2/c1-9(16)15(22)20-7-6-12(20)14(21)19-8-10-2-4-11(5-3-10)13(17)18/h2-5,9,12H,6-8,16H2,1H3,(H3,17,18)(H,19,21)/t9-,12+/m1/s1. The molecule has 6 N–H and O–H groups in total. The first kappa shape index (κ1) is 16.0. The van der Waals surface area contributed by atoms with E-state index in [9.17, 15) is 9.59 Å². The first-order chi connectivity index (χ1) is 10.4. The Labute approximate surface area is 129 Å². The number of rotatable bonds is 5. The molecule has 1 aromatic carbocycles. The van der Waals surface area contributed by atoms with Gasteiger partial charge in [0.2, 0.25) is 11.8 Å². The van der Waals surface area contributed by atoms with Crippen LogP contribution < -0.4 is 16.8 Å². The SMILES string of the molecule is C[C@@H](N)C(=O)N1CC[C@H]1C(=O)NCc1ccc(C(=N)N)cc1. The molecule has 2 atom stereocenters. The maximum atomic E-state index is 12.1. The van der Waals surface area contributed by atoms with Crippen molar-refractivity contribution in [1.29, 1.82) is 5.41 Å². The molecule has 1 aliphatic heterocycles. The molecule has 0 aromatic heterocycles. The van der Waals surface area contributed by atoms with Crippen molar-refractivity contribution in [2.45, 2.75) is 32.0 Å². The number of amidine groups is 1. The van der Waals surface area contributed by atoms with Gasteiger partial charge in [0.05, 0.1) is 6.04 Å². The van der Waals surface area contributed by atoms with Crippen LogP contribution in [0.1, 0.15) is 24.5 Å². The lowest BCUT2D eigenvalue weighted by atomic mass is 10.0. The van der Waals surface area contributed by atoms with Crippen LogP contribution in [0, 0.1) is 5.41 Å². The summed E-state index contributed by atoms with van der Waals surface area (Å²) in [6, 6.07) is 6.08. The van der Waals surface area contributed by atoms with Gasteiger partial charge in [-0.05, 0) is 18.9 Å². The largest absolute Gasteiger partial charge is 0.384 e. The third-order valence-electron chi connectivity index (χ3n) is 3.73. The van der Waals surface area contributed by atoms with Crippen molar-refractivity contribution in [2.24, 2.45) is 11.5 Å². The summed E-state index contributed by atoms with van der Waals surface area (Å²) in [4.78, 5) is 25.4. The Morgan fingerprint density at radius 2 is 2.05 bits per heavy atom. The van der Waals surface area contributed by atoms with Crippen molar-refractivity contribution < 1.29 is 9.59 Å². The Morgan fingerprint density at radius 3 is 2.50 bits per heavy atom. The average molecular weight is 303 g/mol. The summed E-state index contributed by atoms with van der Waals surface area (Å²) in [6.07, 6.45) is 0.660. The van der Waals surface area contributed by atoms with Gasteiger partial charge in [0, 0.05) is 18.7 Å². The quantitative estimate of drug-likeness (QED) is 0.433. The number of nitrogens with zero attached hydrogens (tertiary/aromatic N) is 1. The van der Waals surface area contributed by atoms with Gasteiger partial charge < -0.3 is 21.7 Å². The first-order valence-electron chi connectivity index (χ1n) is 7.17. The van der Waals surface area contributed by atoms with Gasteiger partial charge in [0.1, 0.15) is 11.9 Å². The minimum absolute atomic E-state index is 0.00936. The lowest BCUT2D eigenvalue weighted by Crippen LogP contribution is -2.61. The van der Waals surface area contributed by atoms with Crippen molar-refractivity contribution in [2.75, 3.05) is 6.54 Å². The van der Waals surface area contributed by atoms with Gasteiger partial charge in [-0.1, -0.05) is 24.3 Å². The summed E-state index contributed by atoms with van der Waals surface area (Å²) in [5, 5.41) is 10.1. The topological polar surface area (TPSA) is 125 Å². The molecule has 1 heterocycles. The molecule has 0 saturated carbocycles. The summed E-state index contributed by atoms with van der Waals surface area (Å²) in [6.45, 7) is 2.56. The molecule has 1 fully saturated rings. The molecule has 2 amide bonds. The molecular weight excluding hydrogens is 282 g/mol. The second-order valence-electron chi connectivity index (χ2n) is 5.45. The Balaban J connectivity index is 1.87. The minimum Gasteiger partial charge on any atom is -0.384 e. The van der Waals surface area contributed by atoms with Gasteiger partial charge in [0.15, 0.2) is 0 Å². The van der Waals surface area contributed by atoms with E-state index in [0.717, 1.165) is 5.56 Å². The molecule has 22 heavy (non-hydrogen) atoms. The van der Waals surface area contributed by atoms with Crippen LogP contribution in [0.2, 0.25) is 0 Å². The Bertz CT molecular complexity index is 582. The van der Waals surface area contributed by atoms with Gasteiger partial charge in [0.25, 0.3) is 0 Å². The smallest absolute Gasteiger partial charge is 0.243 e. The highest BCUT2D eigenvalue weighted by Gasteiger charge is 2.38. The molecule has 1 saturated heterocycles. The maximum absolute atomic E-state index is 12.1. The van der Waals surface area contributed by atoms with Gasteiger partial charge in [-0.25, -0.2) is 0 Å². The first-order valence-corrected chi connectivity index (χ1v) is 7.17. The Morgan fingerprint density at radius 1 is 1.41 bits per heavy atom. The average Bonchev–Trinajstić information content (AvgIpc) is 2.44. The Hall–Kier alpha value is -2.41. The van der Waals surface area contributed by atoms with Crippen molar-refractivity contribution >= 4 is 17.6 Å². The fraction of sp³-hybridized carbons (Fsp3) is 0.400. The second-order valence-corrected chi connectivity index (χ2v) is 5.45. The van der Waals surface area contributed by atoms with E-state index in [4.69, 9.17) is 16.9 Å². The zero-order valence-corrected chi connectivity index (χ0v) is 12.5. The predicted octanol–water partition coefficient (Wildman–Crippen LogP) is -0.465. The van der Waals surface area contributed by atoms with E-state index in [0.29, 0.717) is 25.1 Å². The minimum atomic E-state index is -0.588. The zero-order valence-electron chi connectivity index (χ0n) is 12.5. The van der Waals surface area contributed by atoms with Gasteiger partial charge in [-0.2, -0.15) is 0 Å². The summed E-state index contributed by atoms with van der Waals surface area (Å²) >= 11 is 0. The highest BCUT2D eigenvalue weighted by Crippen LogP contribution is 2.18. The van der Waals surface area contributed by atoms with Crippen molar-refractivity contribution in [3.8, 4) is 0 Å². The van der Waals surface area contributed by atoms with Crippen LogP contribution in [-0.2, 0) is 16.1 Å². The van der Waals surface area contributed by atoms with Crippen molar-refractivity contribution in [3.05, 3.63) is 35.4 Å². The van der Waals surface area contributed by atoms with E-state index in [2.05, 4.69) is 5.32 Å². The summed E-state index contributed by atoms with van der Waals surface area (Å²) < 4.78 is 0. The predicted molar refractivity (Wildman–Crippen MR) is 83.1 cm³/mol. The fourth-order valence-electron chi connectivity index (χ4n) is 2.29. The number of nitrogens with two attached hydrogens (primary N) is 2. The molecule has 7 heteroatoms. The van der Waals surface area contributed by atoms with Crippen LogP contribution in [0.4, 0.5) is 0 Å². The summed E-state index contributed by atoms with van der Waals surface area (Å²) in [5.41, 5.74) is 12.5. The molecule has 0 spiro atoms. The van der Waals surface area contributed by atoms with E-state index in [1.165, 1.54) is 4.90 Å². The van der Waals surface area contributed by atoms with Crippen LogP contribution in [0.15, 0.2) is 24.3 Å². The molecule has 0 unspecified atom stereocenters. The molecule has 118 valence electrons. The van der Waals surface area contributed by atoms with Gasteiger partial charge >= 0.3 is 0 Å². The number of hydrogen-bond acceptors (Lipinski definition) is 4. The Kier molecular flexibility index (Phi) is 4.77. The number of likely N-dealkylation sites (tertiary alicyclic amines) is 1. The lowest BCUT2D eigenvalue weighted by Gasteiger charge is -2.40. The van der Waals surface area contributed by atoms with Crippen LogP contribution >= 0.6 is 0 Å². The van der Waals surface area contributed by atoms with E-state index in [-0.39, 0.29) is 17.6 Å². The zero-order chi connectivity index (χ0) is 16.3. The van der Waals surface area contributed by atoms with E-state index >= 15 is 0 Å². The summed E-state index contributed by atoms with van der Waals surface area (Å²) in [7, 11) is 0. The van der Waals surface area contributed by atoms with E-state index < -0.39 is 12.1 Å². The molecule has 1 aliphatic rings. The number of amides is 2. The normalized spacial score (nSPS) is 18.3. The third-order valence-corrected chi connectivity index (χ3v) is 3.73. The third kappa shape index (κ3) is 3.43. The highest BCUT2D eigenvalue weighted by atomic mass is 16.2. The molecule has 0 aliphatic carbocycles. The molecule has 1 aromatic rings. The molecule has 7 nitrogen and oxygen atoms in total. The van der Waals surface area contributed by atoms with Crippen molar-refractivity contribution in [3.63, 3.8) is 0 Å². The van der Waals surface area contributed by atoms with E-state index in [1.54, 1.807) is 19.1 Å². The number of hydrogen-bond donors (Lipinski definition) is 4. The molecule has 0 bridgehead atoms. The molecule has 0 radical (unpaired) electrons. The second kappa shape index (κ2) is 6.57. The lowest BCUT2D eigenvalue weighted by molar-refractivity contribution is -0.148. The molecular formula is C15H21N5O2. The van der Waals surface area contributed by atoms with Crippen LogP contribution in [0.3, 0.4) is 0 Å². The number of nitrogen functional groups attached to an aromatic ring is 1. The van der Waals surface area contributed by atoms with E-state index in [1.807, 2.05) is 12.1 Å². The highest BCUT2D eigenvalue weighted by molar-refractivity contribution is 5.95. The van der Waals surface area contributed by atoms with Gasteiger partial charge in [-0.3, -0.25) is 15.0 Å². The number of benzene rings is 1. The number of carbonyl (C=O) groups excluding carboxylic acids is 2. The van der Waals surface area contributed by atoms with Crippen molar-refractivity contribution in [1.82, 2.24) is 10.2 Å². The monoisotopic (exact) mass is 303 g/mol. The molecule has 2 rings (SSSR count). The van der Waals surface area contributed by atoms with Crippen LogP contribution in [-0.4, -0.2) is 41.2 Å².